The van der Waals surface area contributed by atoms with Crippen molar-refractivity contribution in [1.82, 2.24) is 0 Å². The van der Waals surface area contributed by atoms with Gasteiger partial charge in [-0.2, -0.15) is 0 Å². The lowest BCUT2D eigenvalue weighted by Gasteiger charge is -2.25. The number of carbonyl (C=O) groups excluding carboxylic acids is 2. The van der Waals surface area contributed by atoms with Gasteiger partial charge >= 0.3 is 17.9 Å². The minimum atomic E-state index is -2.27. The molecule has 0 rings (SSSR count). The predicted octanol–water partition coefficient (Wildman–Crippen LogP) is 6.11. The Morgan fingerprint density at radius 2 is 0.875 bits per heavy atom. The molecule has 0 aliphatic rings. The lowest BCUT2D eigenvalue weighted by Crippen LogP contribution is -2.39. The Hall–Kier alpha value is -1.66. The Labute approximate surface area is 195 Å². The molecule has 0 saturated carbocycles. The van der Waals surface area contributed by atoms with Crippen LogP contribution in [0.2, 0.25) is 0 Å². The molecule has 6 heteroatoms. The van der Waals surface area contributed by atoms with Crippen LogP contribution in [0.25, 0.3) is 0 Å². The zero-order valence-electron chi connectivity index (χ0n) is 20.0. The Kier molecular flexibility index (Phi) is 20.1. The zero-order valence-corrected chi connectivity index (χ0v) is 20.0. The van der Waals surface area contributed by atoms with E-state index >= 15 is 0 Å². The van der Waals surface area contributed by atoms with Gasteiger partial charge in [0.1, 0.15) is 0 Å². The van der Waals surface area contributed by atoms with E-state index in [0.717, 1.165) is 44.3 Å². The summed E-state index contributed by atoms with van der Waals surface area (Å²) in [5, 5.41) is 19.0. The van der Waals surface area contributed by atoms with Gasteiger partial charge in [0.25, 0.3) is 0 Å². The molecule has 0 saturated heterocycles. The Balaban J connectivity index is 3.58. The molecule has 0 heterocycles. The topological polar surface area (TPSA) is 93.1 Å². The molecule has 0 unspecified atom stereocenters. The number of ether oxygens (including phenoxy) is 2. The third kappa shape index (κ3) is 19.1. The van der Waals surface area contributed by atoms with E-state index in [2.05, 4.69) is 13.2 Å². The van der Waals surface area contributed by atoms with Crippen molar-refractivity contribution in [3.8, 4) is 0 Å². The third-order valence-electron chi connectivity index (χ3n) is 5.50. The number of hydrogen-bond donors (Lipinski definition) is 2. The number of carbonyl (C=O) groups is 2. The van der Waals surface area contributed by atoms with Crippen LogP contribution < -0.4 is 0 Å². The van der Waals surface area contributed by atoms with E-state index in [0.29, 0.717) is 13.0 Å². The van der Waals surface area contributed by atoms with Crippen LogP contribution >= 0.6 is 0 Å². The quantitative estimate of drug-likeness (QED) is 0.0838. The average molecular weight is 455 g/mol. The molecule has 0 aliphatic heterocycles. The maximum Gasteiger partial charge on any atom is 0.373 e. The summed E-state index contributed by atoms with van der Waals surface area (Å²) in [4.78, 5) is 22.7. The summed E-state index contributed by atoms with van der Waals surface area (Å²) in [5.41, 5.74) is 0. The van der Waals surface area contributed by atoms with Gasteiger partial charge < -0.3 is 19.7 Å². The Bertz CT molecular complexity index is 481. The van der Waals surface area contributed by atoms with Crippen LogP contribution in [-0.2, 0) is 19.1 Å². The van der Waals surface area contributed by atoms with Gasteiger partial charge in [-0.1, -0.05) is 109 Å². The van der Waals surface area contributed by atoms with Crippen molar-refractivity contribution >= 4 is 11.9 Å². The fraction of sp³-hybridized carbons (Fsp3) is 0.769. The third-order valence-corrected chi connectivity index (χ3v) is 5.50. The van der Waals surface area contributed by atoms with Crippen molar-refractivity contribution in [3.63, 3.8) is 0 Å². The summed E-state index contributed by atoms with van der Waals surface area (Å²) in [6, 6.07) is 0. The van der Waals surface area contributed by atoms with E-state index in [9.17, 15) is 14.7 Å². The molecular weight excluding hydrogens is 408 g/mol. The van der Waals surface area contributed by atoms with Crippen LogP contribution in [0.1, 0.15) is 116 Å². The van der Waals surface area contributed by atoms with Crippen LogP contribution in [0, 0.1) is 0 Å². The predicted molar refractivity (Wildman–Crippen MR) is 128 cm³/mol. The van der Waals surface area contributed by atoms with E-state index in [-0.39, 0.29) is 6.42 Å². The van der Waals surface area contributed by atoms with Crippen molar-refractivity contribution in [2.24, 2.45) is 0 Å². The fourth-order valence-electron chi connectivity index (χ4n) is 3.63. The van der Waals surface area contributed by atoms with Crippen LogP contribution in [-0.4, -0.2) is 34.7 Å². The number of hydrogen-bond acceptors (Lipinski definition) is 6. The molecule has 0 aliphatic carbocycles. The summed E-state index contributed by atoms with van der Waals surface area (Å²) >= 11 is 0. The molecule has 0 aromatic carbocycles. The lowest BCUT2D eigenvalue weighted by atomic mass is 10.0. The highest BCUT2D eigenvalue weighted by atomic mass is 16.8. The number of aliphatic hydroxyl groups excluding tert-OH is 1. The van der Waals surface area contributed by atoms with Crippen LogP contribution in [0.3, 0.4) is 0 Å². The second-order valence-electron chi connectivity index (χ2n) is 8.45. The molecule has 32 heavy (non-hydrogen) atoms. The molecule has 0 atom stereocenters. The summed E-state index contributed by atoms with van der Waals surface area (Å²) < 4.78 is 9.58. The van der Waals surface area contributed by atoms with Crippen molar-refractivity contribution in [1.29, 1.82) is 0 Å². The minimum Gasteiger partial charge on any atom is -0.396 e. The van der Waals surface area contributed by atoms with Gasteiger partial charge in [0.05, 0.1) is 6.42 Å². The van der Waals surface area contributed by atoms with Gasteiger partial charge in [0.2, 0.25) is 0 Å². The summed E-state index contributed by atoms with van der Waals surface area (Å²) in [6.07, 6.45) is 21.9. The molecule has 0 aromatic rings. The number of aliphatic hydroxyl groups is 2. The molecule has 2 N–H and O–H groups in total. The second kappa shape index (κ2) is 21.2. The molecule has 6 nitrogen and oxygen atoms in total. The van der Waals surface area contributed by atoms with Gasteiger partial charge in [0, 0.05) is 18.8 Å². The highest BCUT2D eigenvalue weighted by Crippen LogP contribution is 2.21. The number of esters is 2. The normalized spacial score (nSPS) is 11.2. The maximum atomic E-state index is 11.4. The van der Waals surface area contributed by atoms with E-state index in [4.69, 9.17) is 14.6 Å². The molecular formula is C26H46O6. The van der Waals surface area contributed by atoms with Crippen molar-refractivity contribution in [2.75, 3.05) is 6.61 Å². The zero-order chi connectivity index (χ0) is 23.9. The molecule has 0 amide bonds. The molecule has 0 bridgehead atoms. The van der Waals surface area contributed by atoms with Gasteiger partial charge in [-0.3, -0.25) is 0 Å². The first-order valence-electron chi connectivity index (χ1n) is 12.5. The van der Waals surface area contributed by atoms with Gasteiger partial charge in [-0.05, 0) is 12.8 Å². The van der Waals surface area contributed by atoms with Gasteiger partial charge in [-0.25, -0.2) is 9.59 Å². The Morgan fingerprint density at radius 3 is 1.16 bits per heavy atom. The Morgan fingerprint density at radius 1 is 0.594 bits per heavy atom. The van der Waals surface area contributed by atoms with Gasteiger partial charge in [0.15, 0.2) is 0 Å². The van der Waals surface area contributed by atoms with Crippen LogP contribution in [0.5, 0.6) is 0 Å². The second-order valence-corrected chi connectivity index (χ2v) is 8.45. The smallest absolute Gasteiger partial charge is 0.373 e. The van der Waals surface area contributed by atoms with Crippen LogP contribution in [0.15, 0.2) is 25.3 Å². The van der Waals surface area contributed by atoms with E-state index in [1.165, 1.54) is 70.6 Å². The molecule has 0 fully saturated rings. The fourth-order valence-corrected chi connectivity index (χ4v) is 3.63. The van der Waals surface area contributed by atoms with Gasteiger partial charge in [-0.15, -0.1) is 0 Å². The molecule has 186 valence electrons. The summed E-state index contributed by atoms with van der Waals surface area (Å²) in [5.74, 6) is -3.96. The van der Waals surface area contributed by atoms with E-state index < -0.39 is 17.9 Å². The van der Waals surface area contributed by atoms with Crippen molar-refractivity contribution in [2.45, 2.75) is 122 Å². The maximum absolute atomic E-state index is 11.4. The highest BCUT2D eigenvalue weighted by molar-refractivity contribution is 5.83. The summed E-state index contributed by atoms with van der Waals surface area (Å²) in [6.45, 7) is 6.88. The summed E-state index contributed by atoms with van der Waals surface area (Å²) in [7, 11) is 0. The average Bonchev–Trinajstić information content (AvgIpc) is 2.77. The number of rotatable bonds is 23. The van der Waals surface area contributed by atoms with E-state index in [1.54, 1.807) is 0 Å². The SMILES string of the molecule is C=CC(=O)OC(O)(CCCCCCCCCCCCCCCCCCCO)OC(=O)C=C. The first-order valence-corrected chi connectivity index (χ1v) is 12.5. The highest BCUT2D eigenvalue weighted by Gasteiger charge is 2.34. The minimum absolute atomic E-state index is 0.0226. The largest absolute Gasteiger partial charge is 0.396 e. The number of unbranched alkanes of at least 4 members (excludes halogenated alkanes) is 16. The van der Waals surface area contributed by atoms with Crippen molar-refractivity contribution < 1.29 is 29.3 Å². The van der Waals surface area contributed by atoms with Crippen LogP contribution in [0.4, 0.5) is 0 Å². The molecule has 0 aromatic heterocycles. The van der Waals surface area contributed by atoms with E-state index in [1.807, 2.05) is 0 Å². The standard InChI is InChI=1S/C26H46O6/c1-3-24(28)31-26(30,32-25(29)4-2)22-20-18-16-14-12-10-8-6-5-7-9-11-13-15-17-19-21-23-27/h3-4,27,30H,1-2,5-23H2. The molecule has 0 radical (unpaired) electrons. The lowest BCUT2D eigenvalue weighted by molar-refractivity contribution is -0.324. The molecule has 0 spiro atoms. The monoisotopic (exact) mass is 454 g/mol. The first-order chi connectivity index (χ1) is 15.5. The first kappa shape index (κ1) is 30.3. The van der Waals surface area contributed by atoms with Crippen molar-refractivity contribution in [3.05, 3.63) is 25.3 Å².